The Balaban J connectivity index is 2.79. The van der Waals surface area contributed by atoms with Gasteiger partial charge in [0.15, 0.2) is 15.6 Å². The van der Waals surface area contributed by atoms with Crippen molar-refractivity contribution in [1.29, 1.82) is 0 Å². The number of benzene rings is 1. The first kappa shape index (κ1) is 11.3. The van der Waals surface area contributed by atoms with Gasteiger partial charge in [-0.3, -0.25) is 4.79 Å². The molecule has 1 heterocycles. The summed E-state index contributed by atoms with van der Waals surface area (Å²) in [6.45, 7) is 5.12. The molecule has 86 valence electrons. The Hall–Kier alpha value is -1.16. The van der Waals surface area contributed by atoms with Gasteiger partial charge in [0.05, 0.1) is 10.1 Å². The number of rotatable bonds is 0. The van der Waals surface area contributed by atoms with E-state index in [1.807, 2.05) is 6.92 Å². The number of sulfone groups is 1. The molecule has 2 atom stereocenters. The van der Waals surface area contributed by atoms with E-state index in [2.05, 4.69) is 0 Å². The average molecular weight is 238 g/mol. The Morgan fingerprint density at radius 2 is 1.81 bits per heavy atom. The number of carbonyl (C=O) groups is 1. The van der Waals surface area contributed by atoms with Gasteiger partial charge >= 0.3 is 0 Å². The second-order valence-corrected chi connectivity index (χ2v) is 6.68. The molecular weight excluding hydrogens is 224 g/mol. The Morgan fingerprint density at radius 3 is 2.44 bits per heavy atom. The lowest BCUT2D eigenvalue weighted by atomic mass is 9.95. The molecule has 0 aliphatic carbocycles. The zero-order valence-electron chi connectivity index (χ0n) is 9.52. The Bertz CT molecular complexity index is 558. The van der Waals surface area contributed by atoms with E-state index in [1.54, 1.807) is 32.0 Å². The first-order valence-electron chi connectivity index (χ1n) is 5.24. The van der Waals surface area contributed by atoms with E-state index in [-0.39, 0.29) is 10.7 Å². The van der Waals surface area contributed by atoms with E-state index in [0.29, 0.717) is 5.56 Å². The largest absolute Gasteiger partial charge is 0.294 e. The van der Waals surface area contributed by atoms with Crippen LogP contribution in [-0.4, -0.2) is 19.5 Å². The average Bonchev–Trinajstić information content (AvgIpc) is 2.24. The molecule has 1 aromatic rings. The summed E-state index contributed by atoms with van der Waals surface area (Å²) < 4.78 is 24.2. The summed E-state index contributed by atoms with van der Waals surface area (Å²) in [5, 5.41) is -0.629. The molecule has 3 nitrogen and oxygen atoms in total. The molecule has 0 spiro atoms. The molecule has 1 aliphatic rings. The highest BCUT2D eigenvalue weighted by Gasteiger charge is 2.40. The number of fused-ring (bicyclic) bond motifs is 1. The zero-order chi connectivity index (χ0) is 12.1. The topological polar surface area (TPSA) is 51.2 Å². The van der Waals surface area contributed by atoms with Gasteiger partial charge in [0.2, 0.25) is 0 Å². The number of carbonyl (C=O) groups excluding carboxylic acids is 1. The highest BCUT2D eigenvalue weighted by molar-refractivity contribution is 7.92. The van der Waals surface area contributed by atoms with E-state index in [9.17, 15) is 13.2 Å². The highest BCUT2D eigenvalue weighted by Crippen LogP contribution is 2.33. The molecule has 0 fully saturated rings. The third-order valence-corrected chi connectivity index (χ3v) is 5.67. The van der Waals surface area contributed by atoms with Crippen molar-refractivity contribution in [2.75, 3.05) is 0 Å². The highest BCUT2D eigenvalue weighted by atomic mass is 32.2. The lowest BCUT2D eigenvalue weighted by Crippen LogP contribution is -2.37. The summed E-state index contributed by atoms with van der Waals surface area (Å²) in [5.41, 5.74) is 1.26. The summed E-state index contributed by atoms with van der Waals surface area (Å²) in [4.78, 5) is 12.2. The number of ketones is 1. The molecular formula is C12H14O3S. The summed E-state index contributed by atoms with van der Waals surface area (Å²) >= 11 is 0. The Kier molecular flexibility index (Phi) is 2.42. The lowest BCUT2D eigenvalue weighted by molar-refractivity contribution is 0.0920. The van der Waals surface area contributed by atoms with Crippen LogP contribution in [-0.2, 0) is 9.84 Å². The molecule has 4 heteroatoms. The third kappa shape index (κ3) is 1.40. The van der Waals surface area contributed by atoms with Crippen molar-refractivity contribution in [2.45, 2.75) is 30.9 Å². The summed E-state index contributed by atoms with van der Waals surface area (Å²) in [6.07, 6.45) is 0. The van der Waals surface area contributed by atoms with Gasteiger partial charge in [0.1, 0.15) is 0 Å². The molecule has 0 radical (unpaired) electrons. The number of hydrogen-bond donors (Lipinski definition) is 0. The normalized spacial score (nSPS) is 27.6. The van der Waals surface area contributed by atoms with Crippen LogP contribution in [0.5, 0.6) is 0 Å². The van der Waals surface area contributed by atoms with Gasteiger partial charge in [-0.2, -0.15) is 0 Å². The quantitative estimate of drug-likeness (QED) is 0.694. The number of aryl methyl sites for hydroxylation is 1. The van der Waals surface area contributed by atoms with Crippen LogP contribution in [0.25, 0.3) is 0 Å². The molecule has 2 rings (SSSR count). The van der Waals surface area contributed by atoms with Gasteiger partial charge in [-0.15, -0.1) is 0 Å². The second kappa shape index (κ2) is 3.42. The van der Waals surface area contributed by atoms with Crippen LogP contribution in [0.15, 0.2) is 23.1 Å². The maximum Gasteiger partial charge on any atom is 0.182 e. The van der Waals surface area contributed by atoms with E-state index in [4.69, 9.17) is 0 Å². The molecule has 0 aromatic heterocycles. The SMILES string of the molecule is Cc1ccc2c(c1)C(=O)C(C)C(C)S2(=O)=O. The molecule has 16 heavy (non-hydrogen) atoms. The minimum atomic E-state index is -3.34. The van der Waals surface area contributed by atoms with Crippen molar-refractivity contribution in [3.05, 3.63) is 29.3 Å². The van der Waals surface area contributed by atoms with Crippen molar-refractivity contribution < 1.29 is 13.2 Å². The van der Waals surface area contributed by atoms with Crippen LogP contribution in [0, 0.1) is 12.8 Å². The van der Waals surface area contributed by atoms with Gasteiger partial charge in [0, 0.05) is 11.5 Å². The molecule has 2 unspecified atom stereocenters. The molecule has 1 aromatic carbocycles. The van der Waals surface area contributed by atoms with Crippen molar-refractivity contribution in [2.24, 2.45) is 5.92 Å². The van der Waals surface area contributed by atoms with Gasteiger partial charge < -0.3 is 0 Å². The minimum absolute atomic E-state index is 0.0685. The molecule has 1 aliphatic heterocycles. The number of hydrogen-bond acceptors (Lipinski definition) is 3. The van der Waals surface area contributed by atoms with Crippen LogP contribution >= 0.6 is 0 Å². The molecule has 0 amide bonds. The van der Waals surface area contributed by atoms with Gasteiger partial charge in [-0.25, -0.2) is 8.42 Å². The maximum absolute atomic E-state index is 12.1. The Morgan fingerprint density at radius 1 is 1.19 bits per heavy atom. The molecule has 0 N–H and O–H groups in total. The van der Waals surface area contributed by atoms with Crippen molar-refractivity contribution in [3.63, 3.8) is 0 Å². The Labute approximate surface area is 95.4 Å². The minimum Gasteiger partial charge on any atom is -0.294 e. The van der Waals surface area contributed by atoms with E-state index in [0.717, 1.165) is 5.56 Å². The third-order valence-electron chi connectivity index (χ3n) is 3.31. The fourth-order valence-electron chi connectivity index (χ4n) is 2.01. The van der Waals surface area contributed by atoms with Gasteiger partial charge in [0.25, 0.3) is 0 Å². The summed E-state index contributed by atoms with van der Waals surface area (Å²) in [7, 11) is -3.34. The van der Waals surface area contributed by atoms with Crippen LogP contribution < -0.4 is 0 Å². The van der Waals surface area contributed by atoms with Crippen molar-refractivity contribution >= 4 is 15.6 Å². The first-order valence-corrected chi connectivity index (χ1v) is 6.79. The fourth-order valence-corrected chi connectivity index (χ4v) is 3.80. The second-order valence-electron chi connectivity index (χ2n) is 4.40. The first-order chi connectivity index (χ1) is 7.35. The summed E-state index contributed by atoms with van der Waals surface area (Å²) in [6, 6.07) is 4.93. The smallest absolute Gasteiger partial charge is 0.182 e. The lowest BCUT2D eigenvalue weighted by Gasteiger charge is -2.26. The van der Waals surface area contributed by atoms with Crippen LogP contribution in [0.1, 0.15) is 29.8 Å². The van der Waals surface area contributed by atoms with E-state index < -0.39 is 21.0 Å². The standard InChI is InChI=1S/C12H14O3S/c1-7-4-5-11-10(6-7)12(13)8(2)9(3)16(11,14)15/h4-6,8-9H,1-3H3. The molecule has 0 bridgehead atoms. The predicted molar refractivity (Wildman–Crippen MR) is 61.3 cm³/mol. The van der Waals surface area contributed by atoms with E-state index in [1.165, 1.54) is 0 Å². The van der Waals surface area contributed by atoms with Crippen molar-refractivity contribution in [1.82, 2.24) is 0 Å². The van der Waals surface area contributed by atoms with Crippen LogP contribution in [0.4, 0.5) is 0 Å². The monoisotopic (exact) mass is 238 g/mol. The fraction of sp³-hybridized carbons (Fsp3) is 0.417. The zero-order valence-corrected chi connectivity index (χ0v) is 10.3. The molecule has 0 saturated heterocycles. The van der Waals surface area contributed by atoms with Gasteiger partial charge in [-0.05, 0) is 26.0 Å². The van der Waals surface area contributed by atoms with Gasteiger partial charge in [-0.1, -0.05) is 18.6 Å². The van der Waals surface area contributed by atoms with Crippen LogP contribution in [0.3, 0.4) is 0 Å². The number of Topliss-reactive ketones (excluding diaryl/α,β-unsaturated/α-hetero) is 1. The van der Waals surface area contributed by atoms with Crippen LogP contribution in [0.2, 0.25) is 0 Å². The van der Waals surface area contributed by atoms with Crippen molar-refractivity contribution in [3.8, 4) is 0 Å². The molecule has 0 saturated carbocycles. The summed E-state index contributed by atoms with van der Waals surface area (Å²) in [5.74, 6) is -0.527. The predicted octanol–water partition coefficient (Wildman–Crippen LogP) is 1.99. The maximum atomic E-state index is 12.1. The van der Waals surface area contributed by atoms with E-state index >= 15 is 0 Å².